The molecule has 0 saturated carbocycles. The zero-order valence-corrected chi connectivity index (χ0v) is 19.2. The Kier molecular flexibility index (Phi) is 7.10. The zero-order chi connectivity index (χ0) is 21.7. The highest BCUT2D eigenvalue weighted by Crippen LogP contribution is 2.22. The van der Waals surface area contributed by atoms with Crippen molar-refractivity contribution in [3.63, 3.8) is 0 Å². The Hall–Kier alpha value is -2.44. The van der Waals surface area contributed by atoms with Gasteiger partial charge in [0.2, 0.25) is 5.91 Å². The van der Waals surface area contributed by atoms with Gasteiger partial charge in [0.05, 0.1) is 27.7 Å². The van der Waals surface area contributed by atoms with Crippen molar-refractivity contribution >= 4 is 25.0 Å². The number of Topliss-reactive ketones (excluding diaryl/α,β-unsaturated/α-hetero) is 1. The van der Waals surface area contributed by atoms with Gasteiger partial charge in [-0.05, 0) is 29.7 Å². The molecular formula is C24H31NO4Si. The van der Waals surface area contributed by atoms with Gasteiger partial charge in [0.1, 0.15) is 11.8 Å². The molecule has 0 aromatic heterocycles. The number of ether oxygens (including phenoxy) is 2. The molecule has 160 valence electrons. The third kappa shape index (κ3) is 5.58. The molecule has 0 bridgehead atoms. The summed E-state index contributed by atoms with van der Waals surface area (Å²) in [7, 11) is 0.218. The van der Waals surface area contributed by atoms with Crippen LogP contribution in [0.2, 0.25) is 19.6 Å². The molecule has 2 aromatic rings. The fourth-order valence-electron chi connectivity index (χ4n) is 3.57. The summed E-state index contributed by atoms with van der Waals surface area (Å²) in [6, 6.07) is 14.9. The van der Waals surface area contributed by atoms with E-state index in [-0.39, 0.29) is 24.0 Å². The lowest BCUT2D eigenvalue weighted by Gasteiger charge is -2.21. The molecule has 3 rings (SSSR count). The molecule has 1 aliphatic heterocycles. The predicted molar refractivity (Wildman–Crippen MR) is 121 cm³/mol. The molecule has 2 aromatic carbocycles. The highest BCUT2D eigenvalue weighted by Gasteiger charge is 2.29. The maximum Gasteiger partial charge on any atom is 0.226 e. The van der Waals surface area contributed by atoms with Crippen molar-refractivity contribution in [1.82, 2.24) is 5.32 Å². The molecule has 1 N–H and O–H groups in total. The Morgan fingerprint density at radius 3 is 2.30 bits per heavy atom. The van der Waals surface area contributed by atoms with Crippen LogP contribution >= 0.6 is 0 Å². The van der Waals surface area contributed by atoms with Crippen LogP contribution in [0.1, 0.15) is 23.6 Å². The second kappa shape index (κ2) is 9.58. The van der Waals surface area contributed by atoms with Gasteiger partial charge in [-0.3, -0.25) is 9.59 Å². The van der Waals surface area contributed by atoms with Crippen LogP contribution in [0.3, 0.4) is 0 Å². The van der Waals surface area contributed by atoms with Gasteiger partial charge in [-0.2, -0.15) is 0 Å². The first-order chi connectivity index (χ1) is 14.3. The van der Waals surface area contributed by atoms with Crippen LogP contribution in [0.25, 0.3) is 0 Å². The Morgan fingerprint density at radius 2 is 1.77 bits per heavy atom. The lowest BCUT2D eigenvalue weighted by atomic mass is 9.96. The SMILES string of the molecule is COc1ccc(C(NC(=O)C2CCOC2)C(=O)Cc2ccc([Si](C)(C)C)cc2)cc1. The van der Waals surface area contributed by atoms with E-state index in [4.69, 9.17) is 9.47 Å². The monoisotopic (exact) mass is 425 g/mol. The van der Waals surface area contributed by atoms with Crippen LogP contribution < -0.4 is 15.2 Å². The average molecular weight is 426 g/mol. The van der Waals surface area contributed by atoms with Gasteiger partial charge < -0.3 is 14.8 Å². The van der Waals surface area contributed by atoms with E-state index in [9.17, 15) is 9.59 Å². The van der Waals surface area contributed by atoms with Crippen LogP contribution in [0.4, 0.5) is 0 Å². The minimum absolute atomic E-state index is 0.0341. The van der Waals surface area contributed by atoms with Crippen molar-refractivity contribution < 1.29 is 19.1 Å². The van der Waals surface area contributed by atoms with Crippen molar-refractivity contribution in [2.75, 3.05) is 20.3 Å². The van der Waals surface area contributed by atoms with E-state index in [1.165, 1.54) is 5.19 Å². The average Bonchev–Trinajstić information content (AvgIpc) is 3.27. The molecule has 1 amide bonds. The van der Waals surface area contributed by atoms with Gasteiger partial charge >= 0.3 is 0 Å². The summed E-state index contributed by atoms with van der Waals surface area (Å²) >= 11 is 0. The molecule has 5 nitrogen and oxygen atoms in total. The molecule has 6 heteroatoms. The summed E-state index contributed by atoms with van der Waals surface area (Å²) in [4.78, 5) is 25.9. The normalized spacial score (nSPS) is 17.4. The number of ketones is 1. The first-order valence-corrected chi connectivity index (χ1v) is 13.9. The number of nitrogens with one attached hydrogen (secondary N) is 1. The number of carbonyl (C=O) groups is 2. The van der Waals surface area contributed by atoms with E-state index in [2.05, 4.69) is 37.1 Å². The van der Waals surface area contributed by atoms with Gasteiger partial charge in [-0.15, -0.1) is 0 Å². The number of hydrogen-bond donors (Lipinski definition) is 1. The summed E-state index contributed by atoms with van der Waals surface area (Å²) in [5.74, 6) is 0.348. The zero-order valence-electron chi connectivity index (χ0n) is 18.2. The van der Waals surface area contributed by atoms with Gasteiger partial charge in [-0.1, -0.05) is 61.2 Å². The molecule has 0 radical (unpaired) electrons. The van der Waals surface area contributed by atoms with Crippen molar-refractivity contribution in [3.05, 3.63) is 59.7 Å². The van der Waals surface area contributed by atoms with Crippen molar-refractivity contribution in [2.45, 2.75) is 38.5 Å². The number of carbonyl (C=O) groups excluding carboxylic acids is 2. The third-order valence-electron chi connectivity index (χ3n) is 5.56. The van der Waals surface area contributed by atoms with E-state index in [0.717, 1.165) is 11.1 Å². The molecular weight excluding hydrogens is 394 g/mol. The quantitative estimate of drug-likeness (QED) is 0.660. The predicted octanol–water partition coefficient (Wildman–Crippen LogP) is 3.25. The van der Waals surface area contributed by atoms with Gasteiger partial charge in [-0.25, -0.2) is 0 Å². The van der Waals surface area contributed by atoms with Crippen LogP contribution in [-0.2, 0) is 20.7 Å². The molecule has 2 unspecified atom stereocenters. The lowest BCUT2D eigenvalue weighted by Crippen LogP contribution is -2.39. The van der Waals surface area contributed by atoms with Gasteiger partial charge in [0.15, 0.2) is 5.78 Å². The molecule has 1 heterocycles. The first kappa shape index (κ1) is 22.2. The molecule has 1 saturated heterocycles. The molecule has 0 aliphatic carbocycles. The smallest absolute Gasteiger partial charge is 0.226 e. The summed E-state index contributed by atoms with van der Waals surface area (Å²) in [5, 5.41) is 4.33. The number of methoxy groups -OCH3 is 1. The van der Waals surface area contributed by atoms with Crippen molar-refractivity contribution in [1.29, 1.82) is 0 Å². The van der Waals surface area contributed by atoms with E-state index >= 15 is 0 Å². The van der Waals surface area contributed by atoms with E-state index in [0.29, 0.717) is 25.4 Å². The number of amides is 1. The Labute approximate surface area is 179 Å². The van der Waals surface area contributed by atoms with Crippen LogP contribution in [0.15, 0.2) is 48.5 Å². The molecule has 2 atom stereocenters. The topological polar surface area (TPSA) is 64.6 Å². The minimum atomic E-state index is -1.38. The molecule has 1 fully saturated rings. The Balaban J connectivity index is 1.78. The third-order valence-corrected chi connectivity index (χ3v) is 7.62. The van der Waals surface area contributed by atoms with Crippen LogP contribution in [0, 0.1) is 5.92 Å². The highest BCUT2D eigenvalue weighted by molar-refractivity contribution is 6.88. The standard InChI is InChI=1S/C24H31NO4Si/c1-28-20-9-7-18(8-10-20)23(25-24(27)19-13-14-29-16-19)22(26)15-17-5-11-21(12-6-17)30(2,3)4/h5-12,19,23H,13-16H2,1-4H3,(H,25,27). The lowest BCUT2D eigenvalue weighted by molar-refractivity contribution is -0.130. The largest absolute Gasteiger partial charge is 0.497 e. The Bertz CT molecular complexity index is 866. The minimum Gasteiger partial charge on any atom is -0.497 e. The molecule has 1 aliphatic rings. The summed E-state index contributed by atoms with van der Waals surface area (Å²) in [6.45, 7) is 7.90. The number of rotatable bonds is 8. The van der Waals surface area contributed by atoms with Crippen LogP contribution in [0.5, 0.6) is 5.75 Å². The van der Waals surface area contributed by atoms with Gasteiger partial charge in [0, 0.05) is 13.0 Å². The molecule has 30 heavy (non-hydrogen) atoms. The fourth-order valence-corrected chi connectivity index (χ4v) is 4.74. The number of benzene rings is 2. The van der Waals surface area contributed by atoms with E-state index < -0.39 is 14.1 Å². The second-order valence-corrected chi connectivity index (χ2v) is 13.9. The fraction of sp³-hybridized carbons (Fsp3) is 0.417. The van der Waals surface area contributed by atoms with Crippen molar-refractivity contribution in [2.24, 2.45) is 5.92 Å². The summed E-state index contributed by atoms with van der Waals surface area (Å²) in [6.07, 6.45) is 0.956. The van der Waals surface area contributed by atoms with Gasteiger partial charge in [0.25, 0.3) is 0 Å². The second-order valence-electron chi connectivity index (χ2n) is 8.87. The number of hydrogen-bond acceptors (Lipinski definition) is 4. The van der Waals surface area contributed by atoms with Crippen LogP contribution in [-0.4, -0.2) is 40.1 Å². The van der Waals surface area contributed by atoms with E-state index in [1.807, 2.05) is 36.4 Å². The Morgan fingerprint density at radius 1 is 1.10 bits per heavy atom. The van der Waals surface area contributed by atoms with E-state index in [1.54, 1.807) is 7.11 Å². The molecule has 0 spiro atoms. The maximum atomic E-state index is 13.2. The summed E-state index contributed by atoms with van der Waals surface area (Å²) in [5.41, 5.74) is 1.71. The first-order valence-electron chi connectivity index (χ1n) is 10.4. The van der Waals surface area contributed by atoms with Crippen molar-refractivity contribution in [3.8, 4) is 5.75 Å². The maximum absolute atomic E-state index is 13.2. The summed E-state index contributed by atoms with van der Waals surface area (Å²) < 4.78 is 10.6. The highest BCUT2D eigenvalue weighted by atomic mass is 28.3.